The smallest absolute Gasteiger partial charge is 0.187 e. The Morgan fingerprint density at radius 3 is 2.12 bits per heavy atom. The number of benzene rings is 2. The van der Waals surface area contributed by atoms with Crippen molar-refractivity contribution in [1.82, 2.24) is 0 Å². The first-order valence-corrected chi connectivity index (χ1v) is 12.2. The van der Waals surface area contributed by atoms with E-state index in [1.165, 1.54) is 0 Å². The normalized spacial score (nSPS) is 25.2. The van der Waals surface area contributed by atoms with Crippen LogP contribution in [-0.4, -0.2) is 43.9 Å². The molecule has 1 aliphatic rings. The van der Waals surface area contributed by atoms with Crippen LogP contribution in [0.5, 0.6) is 0 Å². The van der Waals surface area contributed by atoms with E-state index in [0.29, 0.717) is 13.2 Å². The Morgan fingerprint density at radius 2 is 1.59 bits per heavy atom. The van der Waals surface area contributed by atoms with Gasteiger partial charge in [0.05, 0.1) is 29.3 Å². The predicted molar refractivity (Wildman–Crippen MR) is 132 cm³/mol. The predicted octanol–water partition coefficient (Wildman–Crippen LogP) is 5.95. The molecular formula is C25H30Br2O5. The summed E-state index contributed by atoms with van der Waals surface area (Å²) in [5, 5.41) is 0. The van der Waals surface area contributed by atoms with E-state index in [0.717, 1.165) is 14.5 Å². The van der Waals surface area contributed by atoms with Crippen molar-refractivity contribution in [2.75, 3.05) is 13.7 Å². The molecule has 32 heavy (non-hydrogen) atoms. The summed E-state index contributed by atoms with van der Waals surface area (Å²) in [6.45, 7) is 5.08. The fourth-order valence-electron chi connectivity index (χ4n) is 3.74. The van der Waals surface area contributed by atoms with Gasteiger partial charge in [0, 0.05) is 7.11 Å². The fraction of sp³-hybridized carbons (Fsp3) is 0.440. The zero-order chi connectivity index (χ0) is 23.0. The Morgan fingerprint density at radius 1 is 1.00 bits per heavy atom. The summed E-state index contributed by atoms with van der Waals surface area (Å²) >= 11 is 7.00. The van der Waals surface area contributed by atoms with E-state index < -0.39 is 24.1 Å². The zero-order valence-electron chi connectivity index (χ0n) is 18.6. The van der Waals surface area contributed by atoms with Crippen LogP contribution < -0.4 is 0 Å². The summed E-state index contributed by atoms with van der Waals surface area (Å²) in [5.41, 5.74) is 1.23. The molecule has 0 aliphatic carbocycles. The SMILES string of the molecule is CO[C@@H]1C(OC(C)C)OC(C=C(Br)Br)(COCc2ccccc2)[C@@H]1OCc1ccccc1. The highest BCUT2D eigenvalue weighted by atomic mass is 79.9. The van der Waals surface area contributed by atoms with Gasteiger partial charge in [0.1, 0.15) is 17.8 Å². The van der Waals surface area contributed by atoms with E-state index in [4.69, 9.17) is 23.7 Å². The van der Waals surface area contributed by atoms with Crippen molar-refractivity contribution in [3.8, 4) is 0 Å². The van der Waals surface area contributed by atoms with E-state index in [-0.39, 0.29) is 12.7 Å². The molecule has 5 nitrogen and oxygen atoms in total. The largest absolute Gasteiger partial charge is 0.373 e. The highest BCUT2D eigenvalue weighted by Crippen LogP contribution is 2.40. The molecule has 7 heteroatoms. The molecular weight excluding hydrogens is 540 g/mol. The molecule has 0 bridgehead atoms. The van der Waals surface area contributed by atoms with E-state index in [1.54, 1.807) is 7.11 Å². The maximum Gasteiger partial charge on any atom is 0.187 e. The van der Waals surface area contributed by atoms with Crippen molar-refractivity contribution in [3.05, 3.63) is 81.3 Å². The molecule has 0 aromatic heterocycles. The number of hydrogen-bond acceptors (Lipinski definition) is 5. The molecule has 0 spiro atoms. The Kier molecular flexibility index (Phi) is 9.92. The molecule has 0 radical (unpaired) electrons. The van der Waals surface area contributed by atoms with Gasteiger partial charge in [-0.2, -0.15) is 0 Å². The van der Waals surface area contributed by atoms with Crippen LogP contribution in [0, 0.1) is 0 Å². The highest BCUT2D eigenvalue weighted by molar-refractivity contribution is 9.28. The topological polar surface area (TPSA) is 46.2 Å². The second-order valence-electron chi connectivity index (χ2n) is 7.96. The van der Waals surface area contributed by atoms with Crippen LogP contribution in [0.2, 0.25) is 0 Å². The molecule has 2 aromatic rings. The molecule has 1 fully saturated rings. The van der Waals surface area contributed by atoms with Gasteiger partial charge in [-0.25, -0.2) is 0 Å². The second kappa shape index (κ2) is 12.4. The Bertz CT molecular complexity index is 842. The number of hydrogen-bond donors (Lipinski definition) is 0. The summed E-state index contributed by atoms with van der Waals surface area (Å²) < 4.78 is 31.7. The molecule has 174 valence electrons. The van der Waals surface area contributed by atoms with Crippen molar-refractivity contribution in [3.63, 3.8) is 0 Å². The Balaban J connectivity index is 1.86. The van der Waals surface area contributed by atoms with Gasteiger partial charge >= 0.3 is 0 Å². The first-order chi connectivity index (χ1) is 15.4. The van der Waals surface area contributed by atoms with E-state index in [1.807, 2.05) is 80.6 Å². The zero-order valence-corrected chi connectivity index (χ0v) is 21.8. The number of rotatable bonds is 11. The minimum atomic E-state index is -0.924. The molecule has 0 N–H and O–H groups in total. The van der Waals surface area contributed by atoms with Gasteiger partial charge in [0.15, 0.2) is 6.29 Å². The van der Waals surface area contributed by atoms with E-state index in [9.17, 15) is 0 Å². The van der Waals surface area contributed by atoms with E-state index in [2.05, 4.69) is 31.9 Å². The molecule has 1 heterocycles. The fourth-order valence-corrected chi connectivity index (χ4v) is 4.51. The van der Waals surface area contributed by atoms with Crippen molar-refractivity contribution >= 4 is 31.9 Å². The average molecular weight is 570 g/mol. The summed E-state index contributed by atoms with van der Waals surface area (Å²) in [7, 11) is 1.65. The lowest BCUT2D eigenvalue weighted by Crippen LogP contribution is -2.47. The molecule has 4 atom stereocenters. The molecule has 0 saturated carbocycles. The van der Waals surface area contributed by atoms with Crippen LogP contribution in [0.4, 0.5) is 0 Å². The van der Waals surface area contributed by atoms with Crippen LogP contribution in [0.3, 0.4) is 0 Å². The Labute approximate surface area is 207 Å². The first-order valence-electron chi connectivity index (χ1n) is 10.6. The monoisotopic (exact) mass is 568 g/mol. The summed E-state index contributed by atoms with van der Waals surface area (Å²) in [6, 6.07) is 20.1. The lowest BCUT2D eigenvalue weighted by Gasteiger charge is -2.32. The minimum Gasteiger partial charge on any atom is -0.373 e. The third kappa shape index (κ3) is 6.97. The number of methoxy groups -OCH3 is 1. The summed E-state index contributed by atoms with van der Waals surface area (Å²) in [5.74, 6) is 0. The molecule has 2 unspecified atom stereocenters. The van der Waals surface area contributed by atoms with Crippen molar-refractivity contribution in [1.29, 1.82) is 0 Å². The van der Waals surface area contributed by atoms with Crippen LogP contribution in [0.25, 0.3) is 0 Å². The summed E-state index contributed by atoms with van der Waals surface area (Å²) in [6.07, 6.45) is 0.388. The summed E-state index contributed by atoms with van der Waals surface area (Å²) in [4.78, 5) is 0. The van der Waals surface area contributed by atoms with E-state index >= 15 is 0 Å². The van der Waals surface area contributed by atoms with Crippen LogP contribution in [0.1, 0.15) is 25.0 Å². The van der Waals surface area contributed by atoms with Crippen LogP contribution >= 0.6 is 31.9 Å². The third-order valence-electron chi connectivity index (χ3n) is 5.13. The molecule has 0 amide bonds. The maximum atomic E-state index is 6.48. The quantitative estimate of drug-likeness (QED) is 0.334. The average Bonchev–Trinajstić information content (AvgIpc) is 3.04. The first kappa shape index (κ1) is 25.6. The van der Waals surface area contributed by atoms with Gasteiger partial charge in [-0.15, -0.1) is 0 Å². The van der Waals surface area contributed by atoms with Crippen LogP contribution in [-0.2, 0) is 36.9 Å². The van der Waals surface area contributed by atoms with Gasteiger partial charge in [0.25, 0.3) is 0 Å². The Hall–Kier alpha value is -1.06. The van der Waals surface area contributed by atoms with Gasteiger partial charge in [-0.1, -0.05) is 60.7 Å². The van der Waals surface area contributed by atoms with Crippen molar-refractivity contribution in [2.24, 2.45) is 0 Å². The van der Waals surface area contributed by atoms with Crippen molar-refractivity contribution < 1.29 is 23.7 Å². The second-order valence-corrected chi connectivity index (χ2v) is 10.7. The van der Waals surface area contributed by atoms with Crippen molar-refractivity contribution in [2.45, 2.75) is 57.3 Å². The van der Waals surface area contributed by atoms with Gasteiger partial charge in [0.2, 0.25) is 0 Å². The van der Waals surface area contributed by atoms with Gasteiger partial charge in [-0.05, 0) is 62.9 Å². The molecule has 2 aromatic carbocycles. The minimum absolute atomic E-state index is 0.0372. The highest BCUT2D eigenvalue weighted by Gasteiger charge is 2.56. The number of halogens is 2. The van der Waals surface area contributed by atoms with Gasteiger partial charge in [-0.3, -0.25) is 0 Å². The lowest BCUT2D eigenvalue weighted by molar-refractivity contribution is -0.208. The number of ether oxygens (including phenoxy) is 5. The van der Waals surface area contributed by atoms with Crippen LogP contribution in [0.15, 0.2) is 70.1 Å². The third-order valence-corrected chi connectivity index (χ3v) is 5.59. The molecule has 3 rings (SSSR count). The molecule has 1 aliphatic heterocycles. The molecule has 1 saturated heterocycles. The maximum absolute atomic E-state index is 6.48. The lowest BCUT2D eigenvalue weighted by atomic mass is 9.95. The van der Waals surface area contributed by atoms with Gasteiger partial charge < -0.3 is 23.7 Å². The standard InChI is InChI=1S/C25H30Br2O5/c1-18(2)31-24-22(28-3)23(30-16-20-12-8-5-9-13-20)25(32-24,14-21(26)27)17-29-15-19-10-6-4-7-11-19/h4-14,18,22-24H,15-17H2,1-3H3/t22-,23+,24?,25?/m0/s1.